The summed E-state index contributed by atoms with van der Waals surface area (Å²) in [5, 5.41) is 0. The van der Waals surface area contributed by atoms with E-state index in [9.17, 15) is 26.3 Å². The number of anilines is 2. The molecule has 0 fully saturated rings. The maximum absolute atomic E-state index is 10.7. The maximum Gasteiger partial charge on any atom is 0.485 e. The molecule has 0 amide bonds. The van der Waals surface area contributed by atoms with Crippen LogP contribution in [0.3, 0.4) is 0 Å². The summed E-state index contributed by atoms with van der Waals surface area (Å²) in [6.07, 6.45) is 10.7. The van der Waals surface area contributed by atoms with Gasteiger partial charge in [-0.1, -0.05) is 12.1 Å². The molecule has 0 aliphatic rings. The normalized spacial score (nSPS) is 10.7. The van der Waals surface area contributed by atoms with Crippen LogP contribution in [0.15, 0.2) is 97.8 Å². The van der Waals surface area contributed by atoms with E-state index in [1.54, 1.807) is 37.2 Å². The average Bonchev–Trinajstić information content (AvgIpc) is 2.98. The van der Waals surface area contributed by atoms with Crippen molar-refractivity contribution >= 4 is 31.6 Å². The van der Waals surface area contributed by atoms with Crippen molar-refractivity contribution in [1.82, 2.24) is 19.9 Å². The first kappa shape index (κ1) is 45.5. The van der Waals surface area contributed by atoms with Crippen LogP contribution >= 0.6 is 0 Å². The Kier molecular flexibility index (Phi) is 20.6. The predicted molar refractivity (Wildman–Crippen MR) is 156 cm³/mol. The van der Waals surface area contributed by atoms with Crippen molar-refractivity contribution in [1.29, 1.82) is 0 Å². The van der Waals surface area contributed by atoms with Gasteiger partial charge in [-0.25, -0.2) is 16.8 Å². The number of aromatic nitrogens is 4. The van der Waals surface area contributed by atoms with Gasteiger partial charge in [0.25, 0.3) is 0 Å². The Balaban J connectivity index is 0. The Morgan fingerprint density at radius 1 is 0.532 bits per heavy atom. The topological polar surface area (TPSA) is 172 Å². The first-order chi connectivity index (χ1) is 21.1. The SMILES string of the molecule is CN(C)c1ccncc1.CN(C)c1ccncc1.O=S(=O)([O-])C(F)(F)F.O=S(=O)([O-])C(F)(F)F.[Au].c1ccc(-c2ccccn2)nc1. The molecular formula is C26H28AuF6N6O6S2-2. The molecule has 0 unspecified atom stereocenters. The number of halogens is 6. The van der Waals surface area contributed by atoms with Crippen LogP contribution in [0.25, 0.3) is 11.4 Å². The first-order valence-corrected chi connectivity index (χ1v) is 14.9. The van der Waals surface area contributed by atoms with Crippen LogP contribution in [0.2, 0.25) is 0 Å². The molecule has 0 saturated carbocycles. The molecule has 0 aromatic carbocycles. The van der Waals surface area contributed by atoms with Gasteiger partial charge >= 0.3 is 11.0 Å². The predicted octanol–water partition coefficient (Wildman–Crippen LogP) is 4.54. The van der Waals surface area contributed by atoms with Crippen LogP contribution in [-0.4, -0.2) is 85.1 Å². The van der Waals surface area contributed by atoms with E-state index in [2.05, 4.69) is 19.9 Å². The Morgan fingerprint density at radius 2 is 0.787 bits per heavy atom. The van der Waals surface area contributed by atoms with Crippen LogP contribution in [0, 0.1) is 0 Å². The van der Waals surface area contributed by atoms with E-state index in [0.29, 0.717) is 0 Å². The monoisotopic (exact) mass is 895 g/mol. The summed E-state index contributed by atoms with van der Waals surface area (Å²) in [5.41, 5.74) is -7.09. The van der Waals surface area contributed by atoms with Crippen LogP contribution < -0.4 is 9.80 Å². The third kappa shape index (κ3) is 20.2. The molecule has 265 valence electrons. The molecular weight excluding hydrogens is 867 g/mol. The van der Waals surface area contributed by atoms with Gasteiger partial charge in [0.2, 0.25) is 0 Å². The number of alkyl halides is 6. The maximum atomic E-state index is 10.7. The molecule has 0 spiro atoms. The number of hydrogen-bond donors (Lipinski definition) is 0. The quantitative estimate of drug-likeness (QED) is 0.122. The number of rotatable bonds is 3. The van der Waals surface area contributed by atoms with Crippen LogP contribution in [-0.2, 0) is 42.6 Å². The minimum Gasteiger partial charge on any atom is -0.741 e. The van der Waals surface area contributed by atoms with Gasteiger partial charge < -0.3 is 18.9 Å². The van der Waals surface area contributed by atoms with E-state index in [4.69, 9.17) is 25.9 Å². The third-order valence-corrected chi connectivity index (χ3v) is 5.65. The summed E-state index contributed by atoms with van der Waals surface area (Å²) in [6, 6.07) is 19.5. The van der Waals surface area contributed by atoms with E-state index < -0.39 is 31.3 Å². The van der Waals surface area contributed by atoms with Gasteiger partial charge in [-0.2, -0.15) is 26.3 Å². The van der Waals surface area contributed by atoms with Crippen molar-refractivity contribution in [3.8, 4) is 11.4 Å². The number of hydrogen-bond acceptors (Lipinski definition) is 12. The zero-order valence-corrected chi connectivity index (χ0v) is 28.6. The fraction of sp³-hybridized carbons (Fsp3) is 0.231. The third-order valence-electron chi connectivity index (χ3n) is 4.52. The van der Waals surface area contributed by atoms with E-state index in [1.165, 1.54) is 11.4 Å². The molecule has 0 aliphatic heterocycles. The minimum atomic E-state index is -6.09. The fourth-order valence-corrected chi connectivity index (χ4v) is 2.31. The molecule has 4 rings (SSSR count). The molecule has 21 heteroatoms. The zero-order valence-electron chi connectivity index (χ0n) is 24.8. The second-order valence-corrected chi connectivity index (χ2v) is 11.2. The summed E-state index contributed by atoms with van der Waals surface area (Å²) < 4.78 is 118. The van der Waals surface area contributed by atoms with Gasteiger partial charge in [-0.05, 0) is 48.5 Å². The molecule has 47 heavy (non-hydrogen) atoms. The Bertz CT molecular complexity index is 1490. The minimum absolute atomic E-state index is 0. The second kappa shape index (κ2) is 21.3. The summed E-state index contributed by atoms with van der Waals surface area (Å²) in [6.45, 7) is 0. The zero-order chi connectivity index (χ0) is 35.6. The Morgan fingerprint density at radius 3 is 0.936 bits per heavy atom. The van der Waals surface area contributed by atoms with E-state index >= 15 is 0 Å². The molecule has 0 atom stereocenters. The molecule has 0 N–H and O–H groups in total. The Hall–Kier alpha value is -3.66. The van der Waals surface area contributed by atoms with Crippen molar-refractivity contribution < 1.29 is 74.7 Å². The molecule has 0 bridgehead atoms. The van der Waals surface area contributed by atoms with Gasteiger partial charge in [-0.15, -0.1) is 0 Å². The van der Waals surface area contributed by atoms with Gasteiger partial charge in [0, 0.05) is 99.1 Å². The average molecular weight is 896 g/mol. The smallest absolute Gasteiger partial charge is 0.485 e. The summed E-state index contributed by atoms with van der Waals surface area (Å²) in [7, 11) is -4.14. The molecule has 0 saturated heterocycles. The van der Waals surface area contributed by atoms with E-state index in [0.717, 1.165) is 11.4 Å². The van der Waals surface area contributed by atoms with Crippen LogP contribution in [0.1, 0.15) is 0 Å². The largest absolute Gasteiger partial charge is 0.741 e. The summed E-state index contributed by atoms with van der Waals surface area (Å²) >= 11 is 0. The number of nitrogens with zero attached hydrogens (tertiary/aromatic N) is 6. The van der Waals surface area contributed by atoms with Crippen LogP contribution in [0.4, 0.5) is 37.7 Å². The van der Waals surface area contributed by atoms with Crippen molar-refractivity contribution in [3.63, 3.8) is 0 Å². The Labute approximate surface area is 283 Å². The van der Waals surface area contributed by atoms with Gasteiger partial charge in [0.1, 0.15) is 0 Å². The molecule has 4 aromatic rings. The first-order valence-electron chi connectivity index (χ1n) is 12.1. The molecule has 12 nitrogen and oxygen atoms in total. The van der Waals surface area contributed by atoms with Gasteiger partial charge in [0.15, 0.2) is 20.2 Å². The molecule has 4 aromatic heterocycles. The standard InChI is InChI=1S/C10H8N2.2C7H10N2.2CHF3O3S.Au/c1-3-7-11-9(5-1)10-6-2-4-8-12-10;2*1-9(2)7-3-5-8-6-4-7;2*2-1(3,4)8(5,6)7;/h1-8H;2*3-6H,1-2H3;2*(H,5,6,7);/p-2. The molecule has 4 heterocycles. The van der Waals surface area contributed by atoms with E-state index in [-0.39, 0.29) is 22.4 Å². The van der Waals surface area contributed by atoms with E-state index in [1.807, 2.05) is 98.7 Å². The van der Waals surface area contributed by atoms with Crippen molar-refractivity contribution in [3.05, 3.63) is 97.8 Å². The van der Waals surface area contributed by atoms with Crippen molar-refractivity contribution in [2.75, 3.05) is 38.0 Å². The second-order valence-electron chi connectivity index (χ2n) is 8.43. The molecule has 1 radical (unpaired) electrons. The van der Waals surface area contributed by atoms with Gasteiger partial charge in [-0.3, -0.25) is 19.9 Å². The fourth-order valence-electron chi connectivity index (χ4n) is 2.31. The number of pyridine rings is 4. The summed E-state index contributed by atoms with van der Waals surface area (Å²) in [5.74, 6) is 0. The van der Waals surface area contributed by atoms with Crippen molar-refractivity contribution in [2.24, 2.45) is 0 Å². The van der Waals surface area contributed by atoms with Crippen molar-refractivity contribution in [2.45, 2.75) is 11.0 Å². The van der Waals surface area contributed by atoms with Crippen LogP contribution in [0.5, 0.6) is 0 Å². The van der Waals surface area contributed by atoms with Gasteiger partial charge in [0.05, 0.1) is 11.4 Å². The summed E-state index contributed by atoms with van der Waals surface area (Å²) in [4.78, 5) is 20.3. The molecule has 0 aliphatic carbocycles.